The van der Waals surface area contributed by atoms with Crippen molar-refractivity contribution in [3.8, 4) is 0 Å². The molecule has 1 aromatic carbocycles. The SMILES string of the molecule is C[S+](C)c1ccc(C(C)(C)C)cc1. The monoisotopic (exact) mass is 195 g/mol. The molecular formula is C12H19S+. The van der Waals surface area contributed by atoms with Crippen LogP contribution in [0.15, 0.2) is 29.2 Å². The third-order valence-corrected chi connectivity index (χ3v) is 3.41. The maximum absolute atomic E-state index is 2.26. The Kier molecular flexibility index (Phi) is 3.07. The molecule has 72 valence electrons. The van der Waals surface area contributed by atoms with Gasteiger partial charge in [0.1, 0.15) is 12.5 Å². The summed E-state index contributed by atoms with van der Waals surface area (Å²) in [6.07, 6.45) is 4.51. The zero-order valence-corrected chi connectivity index (χ0v) is 10.0. The van der Waals surface area contributed by atoms with Gasteiger partial charge in [-0.2, -0.15) is 0 Å². The lowest BCUT2D eigenvalue weighted by molar-refractivity contribution is 0.589. The van der Waals surface area contributed by atoms with E-state index < -0.39 is 0 Å². The largest absolute Gasteiger partial charge is 0.154 e. The standard InChI is InChI=1S/C12H19S/c1-12(2,3)10-6-8-11(9-7-10)13(4)5/h6-9H,1-5H3/q+1. The molecule has 1 rings (SSSR count). The second-order valence-electron chi connectivity index (χ2n) is 4.59. The average Bonchev–Trinajstić information content (AvgIpc) is 2.03. The van der Waals surface area contributed by atoms with E-state index >= 15 is 0 Å². The molecule has 0 spiro atoms. The van der Waals surface area contributed by atoms with Crippen molar-refractivity contribution in [1.29, 1.82) is 0 Å². The lowest BCUT2D eigenvalue weighted by Gasteiger charge is -2.18. The van der Waals surface area contributed by atoms with Crippen LogP contribution < -0.4 is 0 Å². The molecule has 0 radical (unpaired) electrons. The highest BCUT2D eigenvalue weighted by Crippen LogP contribution is 2.23. The van der Waals surface area contributed by atoms with Gasteiger partial charge < -0.3 is 0 Å². The zero-order valence-electron chi connectivity index (χ0n) is 9.22. The molecule has 0 nitrogen and oxygen atoms in total. The molecule has 0 unspecified atom stereocenters. The molecule has 1 aromatic rings. The van der Waals surface area contributed by atoms with Crippen LogP contribution in [-0.2, 0) is 16.3 Å². The molecule has 13 heavy (non-hydrogen) atoms. The quantitative estimate of drug-likeness (QED) is 0.604. The molecule has 0 aromatic heterocycles. The highest BCUT2D eigenvalue weighted by molar-refractivity contribution is 7.95. The van der Waals surface area contributed by atoms with E-state index in [2.05, 4.69) is 57.5 Å². The van der Waals surface area contributed by atoms with Crippen LogP contribution in [0.3, 0.4) is 0 Å². The molecule has 0 aliphatic rings. The number of hydrogen-bond acceptors (Lipinski definition) is 0. The third-order valence-electron chi connectivity index (χ3n) is 2.19. The molecule has 0 fully saturated rings. The smallest absolute Gasteiger partial charge is 0.0561 e. The molecule has 0 heterocycles. The van der Waals surface area contributed by atoms with Gasteiger partial charge in [0, 0.05) is 10.9 Å². The molecule has 0 aliphatic heterocycles. The molecule has 0 bridgehead atoms. The minimum Gasteiger partial charge on any atom is -0.0561 e. The summed E-state index contributed by atoms with van der Waals surface area (Å²) < 4.78 is 0. The van der Waals surface area contributed by atoms with E-state index in [1.165, 1.54) is 10.5 Å². The lowest BCUT2D eigenvalue weighted by atomic mass is 9.87. The summed E-state index contributed by atoms with van der Waals surface area (Å²) in [5.74, 6) is 0. The first-order valence-electron chi connectivity index (χ1n) is 4.59. The summed E-state index contributed by atoms with van der Waals surface area (Å²) in [5, 5.41) is 0. The third kappa shape index (κ3) is 2.77. The van der Waals surface area contributed by atoms with Crippen molar-refractivity contribution in [1.82, 2.24) is 0 Å². The Labute approximate surface area is 84.7 Å². The van der Waals surface area contributed by atoms with E-state index in [0.717, 1.165) is 0 Å². The van der Waals surface area contributed by atoms with Gasteiger partial charge in [0.05, 0.1) is 0 Å². The van der Waals surface area contributed by atoms with Crippen molar-refractivity contribution in [2.45, 2.75) is 31.1 Å². The maximum Gasteiger partial charge on any atom is 0.154 e. The predicted octanol–water partition coefficient (Wildman–Crippen LogP) is 3.22. The Morgan fingerprint density at radius 3 is 1.69 bits per heavy atom. The first kappa shape index (κ1) is 10.6. The van der Waals surface area contributed by atoms with Crippen molar-refractivity contribution in [2.24, 2.45) is 0 Å². The van der Waals surface area contributed by atoms with Gasteiger partial charge in [0.15, 0.2) is 4.90 Å². The second-order valence-corrected chi connectivity index (χ2v) is 6.70. The Hall–Kier alpha value is -0.430. The topological polar surface area (TPSA) is 0 Å². The second kappa shape index (κ2) is 3.75. The van der Waals surface area contributed by atoms with Crippen LogP contribution in [0.5, 0.6) is 0 Å². The molecule has 0 N–H and O–H groups in total. The highest BCUT2D eigenvalue weighted by atomic mass is 32.2. The molecule has 0 aliphatic carbocycles. The van der Waals surface area contributed by atoms with E-state index in [4.69, 9.17) is 0 Å². The van der Waals surface area contributed by atoms with Gasteiger partial charge in [-0.1, -0.05) is 32.9 Å². The van der Waals surface area contributed by atoms with Crippen LogP contribution in [0.25, 0.3) is 0 Å². The lowest BCUT2D eigenvalue weighted by Crippen LogP contribution is -2.11. The van der Waals surface area contributed by atoms with Crippen molar-refractivity contribution in [3.63, 3.8) is 0 Å². The Morgan fingerprint density at radius 2 is 1.38 bits per heavy atom. The van der Waals surface area contributed by atoms with Crippen molar-refractivity contribution in [3.05, 3.63) is 29.8 Å². The molecule has 0 amide bonds. The predicted molar refractivity (Wildman–Crippen MR) is 62.6 cm³/mol. The van der Waals surface area contributed by atoms with Crippen LogP contribution in [0.2, 0.25) is 0 Å². The van der Waals surface area contributed by atoms with Gasteiger partial charge >= 0.3 is 0 Å². The van der Waals surface area contributed by atoms with E-state index in [-0.39, 0.29) is 5.41 Å². The summed E-state index contributed by atoms with van der Waals surface area (Å²) in [6.45, 7) is 6.75. The fraction of sp³-hybridized carbons (Fsp3) is 0.500. The van der Waals surface area contributed by atoms with Crippen LogP contribution in [-0.4, -0.2) is 12.5 Å². The van der Waals surface area contributed by atoms with E-state index in [9.17, 15) is 0 Å². The van der Waals surface area contributed by atoms with Gasteiger partial charge in [-0.25, -0.2) is 0 Å². The van der Waals surface area contributed by atoms with E-state index in [1.54, 1.807) is 0 Å². The normalized spacial score (nSPS) is 12.2. The van der Waals surface area contributed by atoms with E-state index in [0.29, 0.717) is 10.9 Å². The van der Waals surface area contributed by atoms with Gasteiger partial charge in [-0.15, -0.1) is 0 Å². The van der Waals surface area contributed by atoms with Crippen LogP contribution in [0.4, 0.5) is 0 Å². The average molecular weight is 195 g/mol. The molecule has 0 saturated heterocycles. The number of hydrogen-bond donors (Lipinski definition) is 0. The first-order valence-corrected chi connectivity index (χ1v) is 6.63. The fourth-order valence-corrected chi connectivity index (χ4v) is 1.91. The first-order chi connectivity index (χ1) is 5.91. The molecule has 1 heteroatoms. The van der Waals surface area contributed by atoms with Crippen LogP contribution in [0, 0.1) is 0 Å². The summed E-state index contributed by atoms with van der Waals surface area (Å²) in [6, 6.07) is 9.01. The summed E-state index contributed by atoms with van der Waals surface area (Å²) in [4.78, 5) is 1.45. The maximum atomic E-state index is 2.26. The van der Waals surface area contributed by atoms with Crippen molar-refractivity contribution >= 4 is 10.9 Å². The highest BCUT2D eigenvalue weighted by Gasteiger charge is 2.15. The van der Waals surface area contributed by atoms with Crippen molar-refractivity contribution < 1.29 is 0 Å². The van der Waals surface area contributed by atoms with E-state index in [1.807, 2.05) is 0 Å². The van der Waals surface area contributed by atoms with Crippen molar-refractivity contribution in [2.75, 3.05) is 12.5 Å². The minimum atomic E-state index is 0.276. The Morgan fingerprint density at radius 1 is 0.923 bits per heavy atom. The van der Waals surface area contributed by atoms with Gasteiger partial charge in [-0.3, -0.25) is 0 Å². The van der Waals surface area contributed by atoms with Crippen LogP contribution in [0.1, 0.15) is 26.3 Å². The van der Waals surface area contributed by atoms with Gasteiger partial charge in [0.25, 0.3) is 0 Å². The molecule has 0 atom stereocenters. The molecular weight excluding hydrogens is 176 g/mol. The fourth-order valence-electron chi connectivity index (χ4n) is 1.23. The molecule has 0 saturated carbocycles. The minimum absolute atomic E-state index is 0.276. The number of benzene rings is 1. The van der Waals surface area contributed by atoms with Gasteiger partial charge in [0.2, 0.25) is 0 Å². The summed E-state index contributed by atoms with van der Waals surface area (Å²) >= 11 is 0. The Bertz CT molecular complexity index is 264. The zero-order chi connectivity index (χ0) is 10.1. The number of rotatable bonds is 1. The van der Waals surface area contributed by atoms with Crippen LogP contribution >= 0.6 is 0 Å². The summed E-state index contributed by atoms with van der Waals surface area (Å²) in [5.41, 5.74) is 1.69. The van der Waals surface area contributed by atoms with Gasteiger partial charge in [-0.05, 0) is 23.1 Å². The Balaban J connectivity index is 2.94. The summed E-state index contributed by atoms with van der Waals surface area (Å²) in [7, 11) is 0.386.